The van der Waals surface area contributed by atoms with Gasteiger partial charge in [-0.15, -0.1) is 12.4 Å². The number of carbonyl (C=O) groups excluding carboxylic acids is 1. The first-order chi connectivity index (χ1) is 14.4. The minimum absolute atomic E-state index is 0. The number of rotatable bonds is 5. The van der Waals surface area contributed by atoms with Crippen LogP contribution in [0.5, 0.6) is 5.75 Å². The van der Waals surface area contributed by atoms with Gasteiger partial charge < -0.3 is 21.1 Å². The van der Waals surface area contributed by atoms with Crippen molar-refractivity contribution >= 4 is 29.7 Å². The smallest absolute Gasteiger partial charge is 0.253 e. The van der Waals surface area contributed by atoms with Crippen molar-refractivity contribution in [3.05, 3.63) is 101 Å². The number of nitrogens with two attached hydrogens (primary N) is 1. The Balaban J connectivity index is 0.00000272. The van der Waals surface area contributed by atoms with Crippen molar-refractivity contribution in [2.75, 3.05) is 5.32 Å². The molecule has 0 saturated heterocycles. The normalized spacial score (nSPS) is 16.8. The molecule has 3 aromatic rings. The second kappa shape index (κ2) is 9.14. The van der Waals surface area contributed by atoms with Crippen LogP contribution in [0.4, 0.5) is 5.69 Å². The third-order valence-corrected chi connectivity index (χ3v) is 5.13. The van der Waals surface area contributed by atoms with E-state index in [0.717, 1.165) is 22.6 Å². The van der Waals surface area contributed by atoms with E-state index in [4.69, 9.17) is 10.5 Å². The molecule has 0 aromatic heterocycles. The molecule has 1 amide bonds. The molecule has 4 N–H and O–H groups in total. The Hall–Kier alpha value is -3.44. The summed E-state index contributed by atoms with van der Waals surface area (Å²) in [6.07, 6.45) is 1.83. The summed E-state index contributed by atoms with van der Waals surface area (Å²) in [4.78, 5) is 13.1. The molecule has 1 heterocycles. The fourth-order valence-electron chi connectivity index (χ4n) is 3.58. The van der Waals surface area contributed by atoms with Gasteiger partial charge in [-0.1, -0.05) is 54.1 Å². The van der Waals surface area contributed by atoms with Gasteiger partial charge in [0.05, 0.1) is 0 Å². The predicted molar refractivity (Wildman–Crippen MR) is 127 cm³/mol. The van der Waals surface area contributed by atoms with Crippen LogP contribution >= 0.6 is 12.4 Å². The van der Waals surface area contributed by atoms with Crippen LogP contribution in [-0.4, -0.2) is 11.6 Å². The third kappa shape index (κ3) is 5.01. The highest BCUT2D eigenvalue weighted by atomic mass is 35.5. The topological polar surface area (TPSA) is 76.4 Å². The molecule has 1 atom stereocenters. The van der Waals surface area contributed by atoms with Gasteiger partial charge in [0.1, 0.15) is 18.0 Å². The first-order valence-electron chi connectivity index (χ1n) is 9.89. The Kier molecular flexibility index (Phi) is 6.56. The third-order valence-electron chi connectivity index (χ3n) is 5.13. The maximum absolute atomic E-state index is 13.1. The van der Waals surface area contributed by atoms with Crippen LogP contribution in [-0.2, 0) is 6.61 Å². The second-order valence-corrected chi connectivity index (χ2v) is 7.69. The summed E-state index contributed by atoms with van der Waals surface area (Å²) in [6.45, 7) is 4.22. The van der Waals surface area contributed by atoms with Gasteiger partial charge in [-0.3, -0.25) is 4.79 Å². The summed E-state index contributed by atoms with van der Waals surface area (Å²) in [5.41, 5.74) is 10.4. The molecule has 4 rings (SSSR count). The van der Waals surface area contributed by atoms with Gasteiger partial charge in [-0.05, 0) is 44.2 Å². The number of anilines is 1. The van der Waals surface area contributed by atoms with Gasteiger partial charge in [0.2, 0.25) is 0 Å². The van der Waals surface area contributed by atoms with Crippen molar-refractivity contribution in [2.24, 2.45) is 5.73 Å². The van der Waals surface area contributed by atoms with Crippen LogP contribution in [0.2, 0.25) is 0 Å². The molecular weight excluding hydrogens is 410 g/mol. The molecule has 0 radical (unpaired) electrons. The summed E-state index contributed by atoms with van der Waals surface area (Å²) < 4.78 is 5.89. The number of hydrogen-bond acceptors (Lipinski definition) is 4. The largest absolute Gasteiger partial charge is 0.489 e. The van der Waals surface area contributed by atoms with E-state index in [9.17, 15) is 4.79 Å². The molecule has 0 bridgehead atoms. The van der Waals surface area contributed by atoms with Crippen LogP contribution in [0.25, 0.3) is 5.70 Å². The van der Waals surface area contributed by atoms with E-state index >= 15 is 0 Å². The number of hydrogen-bond donors (Lipinski definition) is 3. The number of carbonyl (C=O) groups is 1. The van der Waals surface area contributed by atoms with E-state index in [0.29, 0.717) is 17.9 Å². The lowest BCUT2D eigenvalue weighted by atomic mass is 9.98. The number of para-hydroxylation sites is 1. The Morgan fingerprint density at radius 1 is 1.03 bits per heavy atom. The number of amides is 1. The molecular formula is C25H26ClN3O2. The molecule has 0 spiro atoms. The molecule has 5 nitrogen and oxygen atoms in total. The summed E-state index contributed by atoms with van der Waals surface area (Å²) in [7, 11) is 0. The Bertz CT molecular complexity index is 1110. The standard InChI is InChI=1S/C25H25N3O2.ClH/c1-17-11-13-19(14-12-17)30-16-18-7-3-4-8-20(18)24(29)28-25(2)15-22(26)21-9-5-6-10-23(21)27-25;/h3-15,27H,16,26H2,1-2H3,(H,28,29);1H. The zero-order valence-corrected chi connectivity index (χ0v) is 18.3. The Morgan fingerprint density at radius 3 is 2.48 bits per heavy atom. The zero-order valence-electron chi connectivity index (χ0n) is 17.5. The lowest BCUT2D eigenvalue weighted by Gasteiger charge is -2.35. The fourth-order valence-corrected chi connectivity index (χ4v) is 3.58. The average Bonchev–Trinajstić information content (AvgIpc) is 2.73. The highest BCUT2D eigenvalue weighted by Crippen LogP contribution is 2.30. The molecule has 31 heavy (non-hydrogen) atoms. The van der Waals surface area contributed by atoms with Crippen LogP contribution < -0.4 is 21.1 Å². The van der Waals surface area contributed by atoms with E-state index in [-0.39, 0.29) is 18.3 Å². The van der Waals surface area contributed by atoms with E-state index in [1.54, 1.807) is 6.07 Å². The molecule has 3 aromatic carbocycles. The van der Waals surface area contributed by atoms with Crippen LogP contribution in [0.15, 0.2) is 78.9 Å². The molecule has 160 valence electrons. The molecule has 1 aliphatic heterocycles. The SMILES string of the molecule is Cc1ccc(OCc2ccccc2C(=O)NC2(C)C=C(N)c3ccccc3N2)cc1.Cl. The molecule has 0 fully saturated rings. The summed E-state index contributed by atoms with van der Waals surface area (Å²) in [5, 5.41) is 6.43. The van der Waals surface area contributed by atoms with Gasteiger partial charge in [0.25, 0.3) is 5.91 Å². The maximum atomic E-state index is 13.1. The molecule has 0 saturated carbocycles. The predicted octanol–water partition coefficient (Wildman–Crippen LogP) is 4.87. The van der Waals surface area contributed by atoms with Crippen LogP contribution in [0, 0.1) is 6.92 Å². The molecule has 1 aliphatic rings. The Labute approximate surface area is 188 Å². The number of ether oxygens (including phenoxy) is 1. The highest BCUT2D eigenvalue weighted by Gasteiger charge is 2.30. The molecule has 6 heteroatoms. The van der Waals surface area contributed by atoms with Crippen molar-refractivity contribution in [1.82, 2.24) is 5.32 Å². The summed E-state index contributed by atoms with van der Waals surface area (Å²) >= 11 is 0. The summed E-state index contributed by atoms with van der Waals surface area (Å²) in [6, 6.07) is 23.1. The van der Waals surface area contributed by atoms with E-state index < -0.39 is 5.66 Å². The van der Waals surface area contributed by atoms with Gasteiger partial charge in [-0.25, -0.2) is 0 Å². The molecule has 1 unspecified atom stereocenters. The lowest BCUT2D eigenvalue weighted by Crippen LogP contribution is -2.52. The quantitative estimate of drug-likeness (QED) is 0.534. The second-order valence-electron chi connectivity index (χ2n) is 7.69. The van der Waals surface area contributed by atoms with Crippen LogP contribution in [0.3, 0.4) is 0 Å². The van der Waals surface area contributed by atoms with Gasteiger partial charge in [0, 0.05) is 28.1 Å². The first-order valence-corrected chi connectivity index (χ1v) is 9.89. The zero-order chi connectivity index (χ0) is 21.1. The van der Waals surface area contributed by atoms with E-state index in [2.05, 4.69) is 10.6 Å². The van der Waals surface area contributed by atoms with Crippen molar-refractivity contribution in [1.29, 1.82) is 0 Å². The highest BCUT2D eigenvalue weighted by molar-refractivity contribution is 5.97. The van der Waals surface area contributed by atoms with Crippen LogP contribution in [0.1, 0.15) is 34.0 Å². The molecule has 0 aliphatic carbocycles. The summed E-state index contributed by atoms with van der Waals surface area (Å²) in [5.74, 6) is 0.570. The minimum atomic E-state index is -0.805. The average molecular weight is 436 g/mol. The first kappa shape index (κ1) is 22.2. The number of fused-ring (bicyclic) bond motifs is 1. The number of nitrogens with one attached hydrogen (secondary N) is 2. The van der Waals surface area contributed by atoms with Crippen molar-refractivity contribution < 1.29 is 9.53 Å². The lowest BCUT2D eigenvalue weighted by molar-refractivity contribution is 0.0927. The monoisotopic (exact) mass is 435 g/mol. The Morgan fingerprint density at radius 2 is 1.71 bits per heavy atom. The van der Waals surface area contributed by atoms with Crippen molar-refractivity contribution in [3.63, 3.8) is 0 Å². The van der Waals surface area contributed by atoms with Crippen molar-refractivity contribution in [2.45, 2.75) is 26.1 Å². The maximum Gasteiger partial charge on any atom is 0.253 e. The van der Waals surface area contributed by atoms with Gasteiger partial charge in [0.15, 0.2) is 0 Å². The van der Waals surface area contributed by atoms with Crippen molar-refractivity contribution in [3.8, 4) is 5.75 Å². The van der Waals surface area contributed by atoms with Gasteiger partial charge in [-0.2, -0.15) is 0 Å². The van der Waals surface area contributed by atoms with Gasteiger partial charge >= 0.3 is 0 Å². The number of benzene rings is 3. The fraction of sp³-hybridized carbons (Fsp3) is 0.160. The van der Waals surface area contributed by atoms with E-state index in [1.165, 1.54) is 5.56 Å². The minimum Gasteiger partial charge on any atom is -0.489 e. The number of aryl methyl sites for hydroxylation is 1. The number of halogens is 1. The van der Waals surface area contributed by atoms with E-state index in [1.807, 2.05) is 86.7 Å².